The molecule has 0 aliphatic carbocycles. The van der Waals surface area contributed by atoms with Gasteiger partial charge in [-0.05, 0) is 34.1 Å². The highest BCUT2D eigenvalue weighted by atomic mass is 28.4. The zero-order valence-electron chi connectivity index (χ0n) is 12.0. The lowest BCUT2D eigenvalue weighted by molar-refractivity contribution is -0.0480. The topological polar surface area (TPSA) is 36.9 Å². The molecule has 0 heterocycles. The van der Waals surface area contributed by atoms with Gasteiger partial charge < -0.3 is 17.7 Å². The van der Waals surface area contributed by atoms with E-state index in [-0.39, 0.29) is 6.10 Å². The molecule has 0 radical (unpaired) electrons. The molecule has 0 bridgehead atoms. The van der Waals surface area contributed by atoms with Gasteiger partial charge in [-0.3, -0.25) is 0 Å². The van der Waals surface area contributed by atoms with Gasteiger partial charge in [0.2, 0.25) is 0 Å². The number of hydrogen-bond donors (Lipinski definition) is 0. The molecule has 0 amide bonds. The Morgan fingerprint density at radius 1 is 0.882 bits per heavy atom. The van der Waals surface area contributed by atoms with Crippen molar-refractivity contribution in [1.82, 2.24) is 0 Å². The Morgan fingerprint density at radius 3 is 1.71 bits per heavy atom. The molecule has 4 nitrogen and oxygen atoms in total. The van der Waals surface area contributed by atoms with E-state index in [1.165, 1.54) is 6.42 Å². The quantitative estimate of drug-likeness (QED) is 0.537. The van der Waals surface area contributed by atoms with Crippen molar-refractivity contribution in [3.05, 3.63) is 0 Å². The minimum absolute atomic E-state index is 0.117. The van der Waals surface area contributed by atoms with E-state index in [1.807, 2.05) is 20.8 Å². The Kier molecular flexibility index (Phi) is 10.1. The average Bonchev–Trinajstić information content (AvgIpc) is 2.27. The lowest BCUT2D eigenvalue weighted by atomic mass is 10.2. The maximum atomic E-state index is 5.93. The van der Waals surface area contributed by atoms with Crippen molar-refractivity contribution < 1.29 is 17.7 Å². The van der Waals surface area contributed by atoms with E-state index in [2.05, 4.69) is 13.8 Å². The first-order chi connectivity index (χ1) is 8.14. The van der Waals surface area contributed by atoms with Crippen LogP contribution >= 0.6 is 0 Å². The fourth-order valence-electron chi connectivity index (χ4n) is 1.55. The van der Waals surface area contributed by atoms with Gasteiger partial charge in [-0.15, -0.1) is 0 Å². The molecule has 1 atom stereocenters. The molecule has 5 heteroatoms. The second kappa shape index (κ2) is 10.0. The highest BCUT2D eigenvalue weighted by molar-refractivity contribution is 6.53. The molecule has 0 spiro atoms. The predicted octanol–water partition coefficient (Wildman–Crippen LogP) is 3.13. The third-order valence-corrected chi connectivity index (χ3v) is 4.89. The second-order valence-electron chi connectivity index (χ2n) is 3.87. The van der Waals surface area contributed by atoms with Crippen molar-refractivity contribution in [2.45, 2.75) is 60.0 Å². The SMILES string of the molecule is CCCCC(C)O[Si](OCC)(OCC)OCC. The van der Waals surface area contributed by atoms with Crippen LogP contribution in [0.25, 0.3) is 0 Å². The number of hydrogen-bond acceptors (Lipinski definition) is 4. The van der Waals surface area contributed by atoms with Crippen LogP contribution in [-0.2, 0) is 17.7 Å². The van der Waals surface area contributed by atoms with Crippen molar-refractivity contribution in [2.75, 3.05) is 19.8 Å². The highest BCUT2D eigenvalue weighted by Crippen LogP contribution is 2.17. The third kappa shape index (κ3) is 7.16. The van der Waals surface area contributed by atoms with E-state index in [4.69, 9.17) is 17.7 Å². The first-order valence-corrected chi connectivity index (χ1v) is 8.37. The Morgan fingerprint density at radius 2 is 1.35 bits per heavy atom. The summed E-state index contributed by atoms with van der Waals surface area (Å²) in [4.78, 5) is 0. The minimum atomic E-state index is -2.91. The second-order valence-corrected chi connectivity index (χ2v) is 5.97. The molecule has 1 unspecified atom stereocenters. The molecule has 0 aliphatic rings. The monoisotopic (exact) mass is 264 g/mol. The van der Waals surface area contributed by atoms with Crippen molar-refractivity contribution in [1.29, 1.82) is 0 Å². The molecule has 0 aromatic rings. The number of rotatable bonds is 11. The molecule has 0 N–H and O–H groups in total. The van der Waals surface area contributed by atoms with Crippen LogP contribution in [0.15, 0.2) is 0 Å². The highest BCUT2D eigenvalue weighted by Gasteiger charge is 2.46. The Labute approximate surface area is 107 Å². The van der Waals surface area contributed by atoms with E-state index in [0.717, 1.165) is 12.8 Å². The van der Waals surface area contributed by atoms with Gasteiger partial charge in [0.15, 0.2) is 0 Å². The summed E-state index contributed by atoms with van der Waals surface area (Å²) < 4.78 is 22.8. The first-order valence-electron chi connectivity index (χ1n) is 6.73. The largest absolute Gasteiger partial charge is 0.679 e. The summed E-state index contributed by atoms with van der Waals surface area (Å²) in [6.07, 6.45) is 3.44. The molecule has 0 saturated carbocycles. The van der Waals surface area contributed by atoms with Gasteiger partial charge in [0.1, 0.15) is 0 Å². The lowest BCUT2D eigenvalue weighted by Gasteiger charge is -2.29. The van der Waals surface area contributed by atoms with Crippen LogP contribution in [0.1, 0.15) is 53.9 Å². The average molecular weight is 264 g/mol. The van der Waals surface area contributed by atoms with E-state index < -0.39 is 9.05 Å². The van der Waals surface area contributed by atoms with E-state index in [0.29, 0.717) is 19.8 Å². The predicted molar refractivity (Wildman–Crippen MR) is 70.7 cm³/mol. The maximum Gasteiger partial charge on any atom is 0.679 e. The molecule has 0 aromatic heterocycles. The molecule has 17 heavy (non-hydrogen) atoms. The standard InChI is InChI=1S/C12H28O4Si/c1-6-10-11-12(5)16-17(13-7-2,14-8-3)15-9-4/h12H,6-11H2,1-5H3. The molecular formula is C12H28O4Si. The van der Waals surface area contributed by atoms with Crippen LogP contribution in [0, 0.1) is 0 Å². The maximum absolute atomic E-state index is 5.93. The van der Waals surface area contributed by atoms with E-state index in [1.54, 1.807) is 0 Å². The van der Waals surface area contributed by atoms with Gasteiger partial charge in [0.05, 0.1) is 0 Å². The Bertz CT molecular complexity index is 161. The fourth-order valence-corrected chi connectivity index (χ4v) is 3.68. The van der Waals surface area contributed by atoms with Crippen molar-refractivity contribution >= 4 is 9.05 Å². The van der Waals surface area contributed by atoms with Crippen LogP contribution in [0.4, 0.5) is 0 Å². The summed E-state index contributed by atoms with van der Waals surface area (Å²) in [6.45, 7) is 11.7. The summed E-state index contributed by atoms with van der Waals surface area (Å²) in [5.41, 5.74) is 0. The summed E-state index contributed by atoms with van der Waals surface area (Å²) in [7, 11) is -2.91. The summed E-state index contributed by atoms with van der Waals surface area (Å²) in [5, 5.41) is 0. The summed E-state index contributed by atoms with van der Waals surface area (Å²) >= 11 is 0. The summed E-state index contributed by atoms with van der Waals surface area (Å²) in [6, 6.07) is 0. The van der Waals surface area contributed by atoms with Crippen molar-refractivity contribution in [2.24, 2.45) is 0 Å². The van der Waals surface area contributed by atoms with Gasteiger partial charge in [-0.1, -0.05) is 19.8 Å². The minimum Gasteiger partial charge on any atom is -0.351 e. The van der Waals surface area contributed by atoms with Crippen molar-refractivity contribution in [3.8, 4) is 0 Å². The van der Waals surface area contributed by atoms with Gasteiger partial charge in [0, 0.05) is 25.9 Å². The van der Waals surface area contributed by atoms with Gasteiger partial charge in [-0.2, -0.15) is 0 Å². The van der Waals surface area contributed by atoms with E-state index >= 15 is 0 Å². The molecular weight excluding hydrogens is 236 g/mol. The van der Waals surface area contributed by atoms with Gasteiger partial charge in [0.25, 0.3) is 0 Å². The lowest BCUT2D eigenvalue weighted by Crippen LogP contribution is -2.51. The number of unbranched alkanes of at least 4 members (excludes halogenated alkanes) is 1. The smallest absolute Gasteiger partial charge is 0.351 e. The Hall–Kier alpha value is 0.0569. The molecule has 0 aliphatic heterocycles. The molecule has 0 saturated heterocycles. The first kappa shape index (κ1) is 17.1. The third-order valence-electron chi connectivity index (χ3n) is 2.27. The molecule has 0 fully saturated rings. The van der Waals surface area contributed by atoms with Crippen molar-refractivity contribution in [3.63, 3.8) is 0 Å². The molecule has 104 valence electrons. The Balaban J connectivity index is 4.40. The summed E-state index contributed by atoms with van der Waals surface area (Å²) in [5.74, 6) is 0. The zero-order valence-corrected chi connectivity index (χ0v) is 13.0. The van der Waals surface area contributed by atoms with Crippen LogP contribution < -0.4 is 0 Å². The van der Waals surface area contributed by atoms with Crippen LogP contribution in [0.5, 0.6) is 0 Å². The van der Waals surface area contributed by atoms with Gasteiger partial charge in [-0.25, -0.2) is 0 Å². The zero-order chi connectivity index (χ0) is 13.1. The molecule has 0 rings (SSSR count). The van der Waals surface area contributed by atoms with Crippen LogP contribution in [0.3, 0.4) is 0 Å². The van der Waals surface area contributed by atoms with Crippen LogP contribution in [0.2, 0.25) is 0 Å². The normalized spacial score (nSPS) is 13.9. The fraction of sp³-hybridized carbons (Fsp3) is 1.00. The van der Waals surface area contributed by atoms with E-state index in [9.17, 15) is 0 Å². The van der Waals surface area contributed by atoms with Crippen LogP contribution in [-0.4, -0.2) is 35.0 Å². The molecule has 0 aromatic carbocycles. The van der Waals surface area contributed by atoms with Gasteiger partial charge >= 0.3 is 9.05 Å².